The van der Waals surface area contributed by atoms with Gasteiger partial charge in [0, 0.05) is 11.9 Å². The maximum Gasteiger partial charge on any atom is 0.340 e. The minimum atomic E-state index is -0.433. The van der Waals surface area contributed by atoms with Gasteiger partial charge in [-0.05, 0) is 26.3 Å². The second kappa shape index (κ2) is 4.96. The van der Waals surface area contributed by atoms with Crippen LogP contribution in [0.1, 0.15) is 28.5 Å². The van der Waals surface area contributed by atoms with Crippen molar-refractivity contribution in [2.75, 3.05) is 13.3 Å². The van der Waals surface area contributed by atoms with E-state index in [0.29, 0.717) is 12.2 Å². The van der Waals surface area contributed by atoms with E-state index in [9.17, 15) is 9.18 Å². The molecule has 0 amide bonds. The summed E-state index contributed by atoms with van der Waals surface area (Å²) in [5.74, 6) is -0.329. The predicted octanol–water partition coefficient (Wildman–Crippen LogP) is 2.25. The number of esters is 1. The Morgan fingerprint density at radius 3 is 2.73 bits per heavy atom. The van der Waals surface area contributed by atoms with Crippen LogP contribution in [0.5, 0.6) is 0 Å². The van der Waals surface area contributed by atoms with Crippen LogP contribution in [0.4, 0.5) is 4.39 Å². The van der Waals surface area contributed by atoms with Crippen molar-refractivity contribution in [2.45, 2.75) is 27.3 Å². The summed E-state index contributed by atoms with van der Waals surface area (Å²) in [5.41, 5.74) is 2.16. The third kappa shape index (κ3) is 2.37. The van der Waals surface area contributed by atoms with Gasteiger partial charge >= 0.3 is 5.97 Å². The molecule has 0 aliphatic rings. The highest BCUT2D eigenvalue weighted by molar-refractivity contribution is 5.92. The quantitative estimate of drug-likeness (QED) is 0.718. The summed E-state index contributed by atoms with van der Waals surface area (Å²) in [7, 11) is 0. The van der Waals surface area contributed by atoms with Crippen LogP contribution in [-0.2, 0) is 11.3 Å². The largest absolute Gasteiger partial charge is 0.462 e. The average Bonchev–Trinajstić information content (AvgIpc) is 2.43. The monoisotopic (exact) mass is 213 g/mol. The van der Waals surface area contributed by atoms with Crippen molar-refractivity contribution >= 4 is 5.97 Å². The molecule has 84 valence electrons. The van der Waals surface area contributed by atoms with Crippen LogP contribution in [-0.4, -0.2) is 23.8 Å². The van der Waals surface area contributed by atoms with Crippen LogP contribution in [0.2, 0.25) is 0 Å². The molecule has 0 aliphatic heterocycles. The fourth-order valence-corrected chi connectivity index (χ4v) is 1.66. The number of ether oxygens (including phenoxy) is 1. The fourth-order valence-electron chi connectivity index (χ4n) is 1.66. The van der Waals surface area contributed by atoms with E-state index < -0.39 is 6.67 Å². The Morgan fingerprint density at radius 2 is 2.20 bits per heavy atom. The molecule has 0 radical (unpaired) electrons. The van der Waals surface area contributed by atoms with Gasteiger partial charge in [-0.3, -0.25) is 0 Å². The van der Waals surface area contributed by atoms with Gasteiger partial charge in [0.2, 0.25) is 0 Å². The van der Waals surface area contributed by atoms with Crippen LogP contribution >= 0.6 is 0 Å². The molecule has 0 aromatic carbocycles. The first-order valence-electron chi connectivity index (χ1n) is 5.01. The molecule has 4 heteroatoms. The molecule has 1 aromatic rings. The lowest BCUT2D eigenvalue weighted by Crippen LogP contribution is -2.08. The van der Waals surface area contributed by atoms with Gasteiger partial charge in [-0.25, -0.2) is 9.18 Å². The molecule has 0 unspecified atom stereocenters. The van der Waals surface area contributed by atoms with E-state index in [1.165, 1.54) is 0 Å². The molecule has 3 nitrogen and oxygen atoms in total. The maximum atomic E-state index is 12.2. The highest BCUT2D eigenvalue weighted by Crippen LogP contribution is 2.17. The summed E-state index contributed by atoms with van der Waals surface area (Å²) in [6.45, 7) is 5.60. The van der Waals surface area contributed by atoms with Crippen molar-refractivity contribution in [2.24, 2.45) is 0 Å². The van der Waals surface area contributed by atoms with Crippen molar-refractivity contribution in [3.63, 3.8) is 0 Å². The Labute approximate surface area is 88.8 Å². The molecule has 1 heterocycles. The fraction of sp³-hybridized carbons (Fsp3) is 0.545. The van der Waals surface area contributed by atoms with Crippen molar-refractivity contribution < 1.29 is 13.9 Å². The smallest absolute Gasteiger partial charge is 0.340 e. The first kappa shape index (κ1) is 11.8. The lowest BCUT2D eigenvalue weighted by molar-refractivity contribution is 0.0524. The SMILES string of the molecule is CCOC(=O)c1c(C)cn(CCF)c1C. The lowest BCUT2D eigenvalue weighted by atomic mass is 10.2. The minimum Gasteiger partial charge on any atom is -0.462 e. The average molecular weight is 213 g/mol. The van der Waals surface area contributed by atoms with Crippen LogP contribution in [0.3, 0.4) is 0 Å². The number of aromatic nitrogens is 1. The van der Waals surface area contributed by atoms with Crippen LogP contribution in [0, 0.1) is 13.8 Å². The van der Waals surface area contributed by atoms with Gasteiger partial charge in [-0.15, -0.1) is 0 Å². The van der Waals surface area contributed by atoms with Crippen LogP contribution < -0.4 is 0 Å². The lowest BCUT2D eigenvalue weighted by Gasteiger charge is -2.04. The second-order valence-corrected chi connectivity index (χ2v) is 3.38. The first-order valence-corrected chi connectivity index (χ1v) is 5.01. The van der Waals surface area contributed by atoms with Gasteiger partial charge in [0.1, 0.15) is 6.67 Å². The van der Waals surface area contributed by atoms with Crippen molar-refractivity contribution in [3.05, 3.63) is 23.0 Å². The number of hydrogen-bond donors (Lipinski definition) is 0. The number of aryl methyl sites for hydroxylation is 2. The highest BCUT2D eigenvalue weighted by atomic mass is 19.1. The van der Waals surface area contributed by atoms with Crippen molar-refractivity contribution in [1.82, 2.24) is 4.57 Å². The number of nitrogens with zero attached hydrogens (tertiary/aromatic N) is 1. The van der Waals surface area contributed by atoms with E-state index in [4.69, 9.17) is 4.74 Å². The predicted molar refractivity (Wildman–Crippen MR) is 55.8 cm³/mol. The number of halogens is 1. The van der Waals surface area contributed by atoms with Gasteiger partial charge < -0.3 is 9.30 Å². The van der Waals surface area contributed by atoms with E-state index in [2.05, 4.69) is 0 Å². The molecule has 1 aromatic heterocycles. The molecule has 0 bridgehead atoms. The Kier molecular flexibility index (Phi) is 3.88. The van der Waals surface area contributed by atoms with Gasteiger partial charge in [0.15, 0.2) is 0 Å². The van der Waals surface area contributed by atoms with Crippen LogP contribution in [0.25, 0.3) is 0 Å². The van der Waals surface area contributed by atoms with Crippen molar-refractivity contribution in [3.8, 4) is 0 Å². The Balaban J connectivity index is 3.02. The molecule has 1 rings (SSSR count). The number of carbonyl (C=O) groups excluding carboxylic acids is 1. The molecule has 0 saturated heterocycles. The molecular formula is C11H16FNO2. The summed E-state index contributed by atoms with van der Waals surface area (Å²) < 4.78 is 18.9. The van der Waals surface area contributed by atoms with E-state index in [1.807, 2.05) is 6.92 Å². The van der Waals surface area contributed by atoms with Gasteiger partial charge in [0.25, 0.3) is 0 Å². The first-order chi connectivity index (χ1) is 7.11. The third-order valence-electron chi connectivity index (χ3n) is 2.34. The Morgan fingerprint density at radius 1 is 1.53 bits per heavy atom. The third-order valence-corrected chi connectivity index (χ3v) is 2.34. The van der Waals surface area contributed by atoms with Gasteiger partial charge in [-0.1, -0.05) is 0 Å². The highest BCUT2D eigenvalue weighted by Gasteiger charge is 2.17. The number of hydrogen-bond acceptors (Lipinski definition) is 2. The number of alkyl halides is 1. The topological polar surface area (TPSA) is 31.2 Å². The normalized spacial score (nSPS) is 10.4. The molecule has 0 saturated carbocycles. The van der Waals surface area contributed by atoms with E-state index in [0.717, 1.165) is 11.3 Å². The van der Waals surface area contributed by atoms with Gasteiger partial charge in [0.05, 0.1) is 18.7 Å². The molecule has 0 spiro atoms. The summed E-state index contributed by atoms with van der Waals surface area (Å²) in [5, 5.41) is 0. The number of rotatable bonds is 4. The van der Waals surface area contributed by atoms with Gasteiger partial charge in [-0.2, -0.15) is 0 Å². The van der Waals surface area contributed by atoms with E-state index >= 15 is 0 Å². The molecular weight excluding hydrogens is 197 g/mol. The molecule has 0 fully saturated rings. The zero-order chi connectivity index (χ0) is 11.4. The number of carbonyl (C=O) groups is 1. The second-order valence-electron chi connectivity index (χ2n) is 3.38. The molecule has 0 aliphatic carbocycles. The maximum absolute atomic E-state index is 12.2. The Hall–Kier alpha value is -1.32. The zero-order valence-electron chi connectivity index (χ0n) is 9.34. The van der Waals surface area contributed by atoms with Crippen molar-refractivity contribution in [1.29, 1.82) is 0 Å². The standard InChI is InChI=1S/C11H16FNO2/c1-4-15-11(14)10-8(2)7-13(6-5-12)9(10)3/h7H,4-6H2,1-3H3. The van der Waals surface area contributed by atoms with Crippen LogP contribution in [0.15, 0.2) is 6.20 Å². The Bertz CT molecular complexity index is 358. The zero-order valence-corrected chi connectivity index (χ0v) is 9.34. The van der Waals surface area contributed by atoms with E-state index in [-0.39, 0.29) is 12.5 Å². The summed E-state index contributed by atoms with van der Waals surface area (Å²) in [6.07, 6.45) is 1.78. The minimum absolute atomic E-state index is 0.284. The molecule has 0 atom stereocenters. The molecule has 0 N–H and O–H groups in total. The summed E-state index contributed by atoms with van der Waals surface area (Å²) in [4.78, 5) is 11.6. The summed E-state index contributed by atoms with van der Waals surface area (Å²) in [6, 6.07) is 0. The summed E-state index contributed by atoms with van der Waals surface area (Å²) >= 11 is 0. The molecule has 15 heavy (non-hydrogen) atoms. The van der Waals surface area contributed by atoms with E-state index in [1.54, 1.807) is 24.6 Å².